The fraction of sp³-hybridized carbons (Fsp3) is 0.909. The lowest BCUT2D eigenvalue weighted by Gasteiger charge is -2.30. The van der Waals surface area contributed by atoms with Crippen LogP contribution in [0.4, 0.5) is 8.78 Å². The Labute approximate surface area is 101 Å². The molecule has 4 nitrogen and oxygen atoms in total. The van der Waals surface area contributed by atoms with E-state index in [-0.39, 0.29) is 12.5 Å². The van der Waals surface area contributed by atoms with Crippen molar-refractivity contribution in [2.75, 3.05) is 32.7 Å². The molecule has 1 amide bonds. The van der Waals surface area contributed by atoms with E-state index in [0.29, 0.717) is 6.54 Å². The second-order valence-electron chi connectivity index (χ2n) is 4.38. The standard InChI is InChI=1S/C11H21F2N3O/c1-9(11(17)15-5-2-3-6-15)16(7-4-14)8-10(12)13/h9-10H,2-8,14H2,1H3. The van der Waals surface area contributed by atoms with Gasteiger partial charge in [-0.2, -0.15) is 0 Å². The molecule has 17 heavy (non-hydrogen) atoms. The normalized spacial score (nSPS) is 18.1. The molecule has 1 aliphatic heterocycles. The highest BCUT2D eigenvalue weighted by Crippen LogP contribution is 2.12. The van der Waals surface area contributed by atoms with Crippen LogP contribution in [0.3, 0.4) is 0 Å². The molecule has 6 heteroatoms. The van der Waals surface area contributed by atoms with Crippen LogP contribution >= 0.6 is 0 Å². The number of alkyl halides is 2. The third kappa shape index (κ3) is 4.20. The van der Waals surface area contributed by atoms with Gasteiger partial charge in [-0.3, -0.25) is 9.69 Å². The van der Waals surface area contributed by atoms with Crippen LogP contribution in [-0.4, -0.2) is 60.9 Å². The second-order valence-corrected chi connectivity index (χ2v) is 4.38. The lowest BCUT2D eigenvalue weighted by atomic mass is 10.2. The van der Waals surface area contributed by atoms with Gasteiger partial charge in [-0.25, -0.2) is 8.78 Å². The van der Waals surface area contributed by atoms with E-state index in [1.807, 2.05) is 0 Å². The zero-order chi connectivity index (χ0) is 12.8. The van der Waals surface area contributed by atoms with E-state index in [1.54, 1.807) is 11.8 Å². The molecule has 1 atom stereocenters. The molecule has 0 radical (unpaired) electrons. The number of rotatable bonds is 6. The van der Waals surface area contributed by atoms with Crippen molar-refractivity contribution in [2.24, 2.45) is 5.73 Å². The largest absolute Gasteiger partial charge is 0.341 e. The first-order valence-corrected chi connectivity index (χ1v) is 6.07. The summed E-state index contributed by atoms with van der Waals surface area (Å²) < 4.78 is 24.8. The zero-order valence-corrected chi connectivity index (χ0v) is 10.2. The van der Waals surface area contributed by atoms with Gasteiger partial charge in [0.2, 0.25) is 5.91 Å². The van der Waals surface area contributed by atoms with Crippen LogP contribution in [-0.2, 0) is 4.79 Å². The summed E-state index contributed by atoms with van der Waals surface area (Å²) in [7, 11) is 0. The summed E-state index contributed by atoms with van der Waals surface area (Å²) in [6.07, 6.45) is -0.427. The van der Waals surface area contributed by atoms with Crippen molar-refractivity contribution in [3.63, 3.8) is 0 Å². The summed E-state index contributed by atoms with van der Waals surface area (Å²) >= 11 is 0. The number of carbonyl (C=O) groups is 1. The lowest BCUT2D eigenvalue weighted by Crippen LogP contribution is -2.49. The number of hydrogen-bond donors (Lipinski definition) is 1. The molecule has 0 spiro atoms. The molecular formula is C11H21F2N3O. The zero-order valence-electron chi connectivity index (χ0n) is 10.2. The van der Waals surface area contributed by atoms with Gasteiger partial charge in [-0.15, -0.1) is 0 Å². The maximum absolute atomic E-state index is 12.4. The molecule has 0 aromatic carbocycles. The Kier molecular flexibility index (Phi) is 5.77. The van der Waals surface area contributed by atoms with Crippen molar-refractivity contribution in [1.82, 2.24) is 9.80 Å². The molecule has 100 valence electrons. The van der Waals surface area contributed by atoms with Crippen molar-refractivity contribution in [2.45, 2.75) is 32.2 Å². The first-order chi connectivity index (χ1) is 8.06. The Bertz CT molecular complexity index is 245. The summed E-state index contributed by atoms with van der Waals surface area (Å²) in [5, 5.41) is 0. The first-order valence-electron chi connectivity index (χ1n) is 6.07. The molecule has 2 N–H and O–H groups in total. The van der Waals surface area contributed by atoms with Gasteiger partial charge < -0.3 is 10.6 Å². The summed E-state index contributed by atoms with van der Waals surface area (Å²) in [6, 6.07) is -0.509. The van der Waals surface area contributed by atoms with E-state index in [1.165, 1.54) is 4.90 Å². The third-order valence-corrected chi connectivity index (χ3v) is 3.11. The molecule has 1 aliphatic rings. The van der Waals surface area contributed by atoms with Gasteiger partial charge in [0.1, 0.15) is 0 Å². The molecule has 0 saturated carbocycles. The number of likely N-dealkylation sites (tertiary alicyclic amines) is 1. The fourth-order valence-electron chi connectivity index (χ4n) is 2.14. The van der Waals surface area contributed by atoms with E-state index in [0.717, 1.165) is 25.9 Å². The first kappa shape index (κ1) is 14.3. The summed E-state index contributed by atoms with van der Waals surface area (Å²) in [5.74, 6) is -0.0587. The van der Waals surface area contributed by atoms with Crippen LogP contribution in [0.15, 0.2) is 0 Å². The van der Waals surface area contributed by atoms with Crippen LogP contribution < -0.4 is 5.73 Å². The maximum Gasteiger partial charge on any atom is 0.251 e. The van der Waals surface area contributed by atoms with Gasteiger partial charge in [0.15, 0.2) is 0 Å². The number of carbonyl (C=O) groups excluding carboxylic acids is 1. The van der Waals surface area contributed by atoms with Gasteiger partial charge >= 0.3 is 0 Å². The topological polar surface area (TPSA) is 49.6 Å². The average Bonchev–Trinajstić information content (AvgIpc) is 2.79. The van der Waals surface area contributed by atoms with Gasteiger partial charge in [0, 0.05) is 26.2 Å². The smallest absolute Gasteiger partial charge is 0.251 e. The SMILES string of the molecule is CC(C(=O)N1CCCC1)N(CCN)CC(F)F. The molecule has 0 aliphatic carbocycles. The molecule has 0 bridgehead atoms. The van der Waals surface area contributed by atoms with Crippen molar-refractivity contribution in [3.8, 4) is 0 Å². The van der Waals surface area contributed by atoms with E-state index < -0.39 is 19.0 Å². The Balaban J connectivity index is 2.55. The van der Waals surface area contributed by atoms with E-state index in [4.69, 9.17) is 5.73 Å². The summed E-state index contributed by atoms with van der Waals surface area (Å²) in [4.78, 5) is 15.3. The maximum atomic E-state index is 12.4. The van der Waals surface area contributed by atoms with Crippen molar-refractivity contribution < 1.29 is 13.6 Å². The number of nitrogens with two attached hydrogens (primary N) is 1. The number of nitrogens with zero attached hydrogens (tertiary/aromatic N) is 2. The van der Waals surface area contributed by atoms with Gasteiger partial charge in [-0.05, 0) is 19.8 Å². The second kappa shape index (κ2) is 6.86. The monoisotopic (exact) mass is 249 g/mol. The highest BCUT2D eigenvalue weighted by molar-refractivity contribution is 5.81. The average molecular weight is 249 g/mol. The molecule has 1 unspecified atom stereocenters. The Morgan fingerprint density at radius 2 is 2.00 bits per heavy atom. The summed E-state index contributed by atoms with van der Waals surface area (Å²) in [6.45, 7) is 3.38. The highest BCUT2D eigenvalue weighted by atomic mass is 19.3. The van der Waals surface area contributed by atoms with Crippen molar-refractivity contribution in [1.29, 1.82) is 0 Å². The Morgan fingerprint density at radius 3 is 2.47 bits per heavy atom. The van der Waals surface area contributed by atoms with Crippen molar-refractivity contribution >= 4 is 5.91 Å². The van der Waals surface area contributed by atoms with Crippen LogP contribution in [0.5, 0.6) is 0 Å². The predicted molar refractivity (Wildman–Crippen MR) is 61.9 cm³/mol. The number of amides is 1. The number of halogens is 2. The third-order valence-electron chi connectivity index (χ3n) is 3.11. The predicted octanol–water partition coefficient (Wildman–Crippen LogP) is 0.523. The minimum Gasteiger partial charge on any atom is -0.341 e. The Hall–Kier alpha value is -0.750. The quantitative estimate of drug-likeness (QED) is 0.747. The Morgan fingerprint density at radius 1 is 1.41 bits per heavy atom. The van der Waals surface area contributed by atoms with Crippen LogP contribution in [0, 0.1) is 0 Å². The lowest BCUT2D eigenvalue weighted by molar-refractivity contribution is -0.135. The van der Waals surface area contributed by atoms with E-state index >= 15 is 0 Å². The molecule has 1 saturated heterocycles. The summed E-state index contributed by atoms with van der Waals surface area (Å²) in [5.41, 5.74) is 5.39. The van der Waals surface area contributed by atoms with Gasteiger partial charge in [0.05, 0.1) is 12.6 Å². The van der Waals surface area contributed by atoms with Gasteiger partial charge in [0.25, 0.3) is 6.43 Å². The van der Waals surface area contributed by atoms with Crippen molar-refractivity contribution in [3.05, 3.63) is 0 Å². The van der Waals surface area contributed by atoms with E-state index in [2.05, 4.69) is 0 Å². The van der Waals surface area contributed by atoms with E-state index in [9.17, 15) is 13.6 Å². The molecule has 1 fully saturated rings. The van der Waals surface area contributed by atoms with Crippen LogP contribution in [0.25, 0.3) is 0 Å². The molecule has 1 heterocycles. The number of hydrogen-bond acceptors (Lipinski definition) is 3. The van der Waals surface area contributed by atoms with Gasteiger partial charge in [-0.1, -0.05) is 0 Å². The molecule has 1 rings (SSSR count). The van der Waals surface area contributed by atoms with Crippen LogP contribution in [0.2, 0.25) is 0 Å². The highest BCUT2D eigenvalue weighted by Gasteiger charge is 2.28. The molecular weight excluding hydrogens is 228 g/mol. The molecule has 0 aromatic rings. The minimum absolute atomic E-state index is 0.0587. The minimum atomic E-state index is -2.43. The fourth-order valence-corrected chi connectivity index (χ4v) is 2.14. The molecule has 0 aromatic heterocycles. The van der Waals surface area contributed by atoms with Crippen LogP contribution in [0.1, 0.15) is 19.8 Å².